The van der Waals surface area contributed by atoms with Gasteiger partial charge >= 0.3 is 0 Å². The summed E-state index contributed by atoms with van der Waals surface area (Å²) in [6, 6.07) is 12.5. The van der Waals surface area contributed by atoms with E-state index in [1.54, 1.807) is 18.2 Å². The third-order valence-electron chi connectivity index (χ3n) is 2.75. The fourth-order valence-electron chi connectivity index (χ4n) is 1.80. The third kappa shape index (κ3) is 2.88. The van der Waals surface area contributed by atoms with Gasteiger partial charge in [-0.1, -0.05) is 12.1 Å². The van der Waals surface area contributed by atoms with Gasteiger partial charge in [0.25, 0.3) is 0 Å². The first-order valence-corrected chi connectivity index (χ1v) is 6.98. The maximum Gasteiger partial charge on any atom is 0.146 e. The zero-order valence-electron chi connectivity index (χ0n) is 10.7. The van der Waals surface area contributed by atoms with E-state index in [1.165, 1.54) is 17.8 Å². The number of halogens is 1. The molecule has 0 heterocycles. The maximum absolute atomic E-state index is 13.7. The zero-order valence-corrected chi connectivity index (χ0v) is 11.5. The lowest BCUT2D eigenvalue weighted by molar-refractivity contribution is 0.631. The Labute approximate surface area is 116 Å². The Morgan fingerprint density at radius 2 is 2.00 bits per heavy atom. The van der Waals surface area contributed by atoms with Crippen molar-refractivity contribution in [2.24, 2.45) is 0 Å². The highest BCUT2D eigenvalue weighted by atomic mass is 32.2. The number of thioether (sulfide) groups is 1. The van der Waals surface area contributed by atoms with Gasteiger partial charge in [-0.15, -0.1) is 11.8 Å². The summed E-state index contributed by atoms with van der Waals surface area (Å²) < 4.78 is 13.7. The molecule has 19 heavy (non-hydrogen) atoms. The van der Waals surface area contributed by atoms with Crippen LogP contribution in [-0.4, -0.2) is 6.26 Å². The molecule has 0 aliphatic rings. The smallest absolute Gasteiger partial charge is 0.146 e. The normalized spacial score (nSPS) is 10.0. The zero-order chi connectivity index (χ0) is 13.8. The standard InChI is InChI=1S/C15H13FN2S/c1-10-6-7-12(16)14(8-10)18-13-4-3-5-15(19-2)11(13)9-17/h3-8,18H,1-2H3. The van der Waals surface area contributed by atoms with Crippen molar-refractivity contribution < 1.29 is 4.39 Å². The number of hydrogen-bond donors (Lipinski definition) is 1. The molecular weight excluding hydrogens is 259 g/mol. The molecule has 2 aromatic rings. The molecular formula is C15H13FN2S. The monoisotopic (exact) mass is 272 g/mol. The van der Waals surface area contributed by atoms with Crippen LogP contribution in [0, 0.1) is 24.1 Å². The summed E-state index contributed by atoms with van der Waals surface area (Å²) in [5, 5.41) is 12.2. The second-order valence-electron chi connectivity index (χ2n) is 4.10. The molecule has 4 heteroatoms. The van der Waals surface area contributed by atoms with Crippen molar-refractivity contribution >= 4 is 23.1 Å². The van der Waals surface area contributed by atoms with E-state index in [2.05, 4.69) is 11.4 Å². The molecule has 0 radical (unpaired) electrons. The summed E-state index contributed by atoms with van der Waals surface area (Å²) in [4.78, 5) is 0.876. The molecule has 0 bridgehead atoms. The molecule has 0 fully saturated rings. The number of nitrogens with one attached hydrogen (secondary N) is 1. The fraction of sp³-hybridized carbons (Fsp3) is 0.133. The molecule has 96 valence electrons. The van der Waals surface area contributed by atoms with Gasteiger partial charge in [0.15, 0.2) is 0 Å². The number of anilines is 2. The summed E-state index contributed by atoms with van der Waals surface area (Å²) in [6.07, 6.45) is 1.91. The Kier molecular flexibility index (Phi) is 4.08. The highest BCUT2D eigenvalue weighted by Crippen LogP contribution is 2.29. The minimum atomic E-state index is -0.330. The molecule has 0 saturated carbocycles. The van der Waals surface area contributed by atoms with E-state index in [0.717, 1.165) is 10.5 Å². The number of aryl methyl sites for hydroxylation is 1. The fourth-order valence-corrected chi connectivity index (χ4v) is 2.38. The van der Waals surface area contributed by atoms with E-state index < -0.39 is 0 Å². The average Bonchev–Trinajstić information content (AvgIpc) is 2.42. The molecule has 0 spiro atoms. The minimum Gasteiger partial charge on any atom is -0.352 e. The molecule has 0 unspecified atom stereocenters. The molecule has 0 saturated heterocycles. The largest absolute Gasteiger partial charge is 0.352 e. The van der Waals surface area contributed by atoms with E-state index in [0.29, 0.717) is 16.9 Å². The minimum absolute atomic E-state index is 0.330. The second kappa shape index (κ2) is 5.77. The first-order valence-electron chi connectivity index (χ1n) is 5.76. The van der Waals surface area contributed by atoms with Crippen molar-refractivity contribution in [3.63, 3.8) is 0 Å². The van der Waals surface area contributed by atoms with E-state index in [1.807, 2.05) is 25.3 Å². The van der Waals surface area contributed by atoms with Crippen LogP contribution in [0.3, 0.4) is 0 Å². The van der Waals surface area contributed by atoms with Crippen molar-refractivity contribution in [3.05, 3.63) is 53.3 Å². The van der Waals surface area contributed by atoms with Crippen LogP contribution in [0.4, 0.5) is 15.8 Å². The lowest BCUT2D eigenvalue weighted by Crippen LogP contribution is -1.97. The van der Waals surface area contributed by atoms with Crippen molar-refractivity contribution in [1.82, 2.24) is 0 Å². The molecule has 1 N–H and O–H groups in total. The Morgan fingerprint density at radius 3 is 2.68 bits per heavy atom. The van der Waals surface area contributed by atoms with Crippen molar-refractivity contribution in [2.75, 3.05) is 11.6 Å². The first kappa shape index (κ1) is 13.4. The lowest BCUT2D eigenvalue weighted by atomic mass is 10.1. The van der Waals surface area contributed by atoms with Crippen LogP contribution in [0.2, 0.25) is 0 Å². The topological polar surface area (TPSA) is 35.8 Å². The summed E-state index contributed by atoms with van der Waals surface area (Å²) in [5.41, 5.74) is 2.51. The summed E-state index contributed by atoms with van der Waals surface area (Å²) in [7, 11) is 0. The van der Waals surface area contributed by atoms with Crippen LogP contribution in [-0.2, 0) is 0 Å². The van der Waals surface area contributed by atoms with Crippen LogP contribution in [0.25, 0.3) is 0 Å². The average molecular weight is 272 g/mol. The molecule has 0 aliphatic heterocycles. The van der Waals surface area contributed by atoms with Crippen molar-refractivity contribution in [1.29, 1.82) is 5.26 Å². The second-order valence-corrected chi connectivity index (χ2v) is 4.95. The number of nitriles is 1. The summed E-state index contributed by atoms with van der Waals surface area (Å²) >= 11 is 1.50. The highest BCUT2D eigenvalue weighted by molar-refractivity contribution is 7.98. The quantitative estimate of drug-likeness (QED) is 0.837. The Balaban J connectivity index is 2.44. The molecule has 0 aliphatic carbocycles. The molecule has 0 aromatic heterocycles. The van der Waals surface area contributed by atoms with Gasteiger partial charge in [-0.2, -0.15) is 5.26 Å². The summed E-state index contributed by atoms with van der Waals surface area (Å²) in [6.45, 7) is 1.90. The van der Waals surface area contributed by atoms with Crippen molar-refractivity contribution in [3.8, 4) is 6.07 Å². The van der Waals surface area contributed by atoms with Gasteiger partial charge in [-0.25, -0.2) is 4.39 Å². The van der Waals surface area contributed by atoms with Gasteiger partial charge in [-0.05, 0) is 43.0 Å². The van der Waals surface area contributed by atoms with E-state index >= 15 is 0 Å². The Bertz CT molecular complexity index is 647. The van der Waals surface area contributed by atoms with Crippen LogP contribution in [0.1, 0.15) is 11.1 Å². The maximum atomic E-state index is 13.7. The SMILES string of the molecule is CSc1cccc(Nc2cc(C)ccc2F)c1C#N. The van der Waals surface area contributed by atoms with Gasteiger partial charge in [0.05, 0.1) is 16.9 Å². The molecule has 2 aromatic carbocycles. The number of rotatable bonds is 3. The lowest BCUT2D eigenvalue weighted by Gasteiger charge is -2.11. The highest BCUT2D eigenvalue weighted by Gasteiger charge is 2.09. The first-order chi connectivity index (χ1) is 9.15. The summed E-state index contributed by atoms with van der Waals surface area (Å²) in [5.74, 6) is -0.330. The van der Waals surface area contributed by atoms with Crippen LogP contribution in [0.15, 0.2) is 41.3 Å². The van der Waals surface area contributed by atoms with Gasteiger partial charge in [-0.3, -0.25) is 0 Å². The van der Waals surface area contributed by atoms with E-state index in [-0.39, 0.29) is 5.82 Å². The number of benzene rings is 2. The van der Waals surface area contributed by atoms with Crippen LogP contribution >= 0.6 is 11.8 Å². The predicted octanol–water partition coefficient (Wildman–Crippen LogP) is 4.47. The molecule has 0 atom stereocenters. The van der Waals surface area contributed by atoms with E-state index in [4.69, 9.17) is 0 Å². The molecule has 2 nitrogen and oxygen atoms in total. The van der Waals surface area contributed by atoms with Crippen LogP contribution < -0.4 is 5.32 Å². The van der Waals surface area contributed by atoms with Crippen LogP contribution in [0.5, 0.6) is 0 Å². The van der Waals surface area contributed by atoms with Gasteiger partial charge in [0.2, 0.25) is 0 Å². The van der Waals surface area contributed by atoms with E-state index in [9.17, 15) is 9.65 Å². The Morgan fingerprint density at radius 1 is 1.21 bits per heavy atom. The van der Waals surface area contributed by atoms with Gasteiger partial charge in [0.1, 0.15) is 11.9 Å². The third-order valence-corrected chi connectivity index (χ3v) is 3.53. The molecule has 0 amide bonds. The van der Waals surface area contributed by atoms with Crippen molar-refractivity contribution in [2.45, 2.75) is 11.8 Å². The predicted molar refractivity (Wildman–Crippen MR) is 77.4 cm³/mol. The Hall–Kier alpha value is -1.99. The van der Waals surface area contributed by atoms with Gasteiger partial charge < -0.3 is 5.32 Å². The number of nitrogens with zero attached hydrogens (tertiary/aromatic N) is 1. The number of hydrogen-bond acceptors (Lipinski definition) is 3. The molecule has 2 rings (SSSR count). The van der Waals surface area contributed by atoms with Gasteiger partial charge in [0, 0.05) is 4.90 Å².